The van der Waals surface area contributed by atoms with E-state index in [-0.39, 0.29) is 5.54 Å². The highest BCUT2D eigenvalue weighted by atomic mass is 79.9. The van der Waals surface area contributed by atoms with Gasteiger partial charge < -0.3 is 5.73 Å². The van der Waals surface area contributed by atoms with Crippen molar-refractivity contribution in [2.24, 2.45) is 5.73 Å². The molecule has 2 rings (SSSR count). The van der Waals surface area contributed by atoms with E-state index < -0.39 is 0 Å². The summed E-state index contributed by atoms with van der Waals surface area (Å²) in [4.78, 5) is 1.33. The first-order valence-corrected chi connectivity index (χ1v) is 5.41. The minimum absolute atomic E-state index is 0.0245. The van der Waals surface area contributed by atoms with Crippen LogP contribution in [-0.4, -0.2) is 0 Å². The zero-order valence-corrected chi connectivity index (χ0v) is 8.54. The molecule has 1 aromatic heterocycles. The van der Waals surface area contributed by atoms with Gasteiger partial charge in [-0.3, -0.25) is 0 Å². The predicted molar refractivity (Wildman–Crippen MR) is 51.7 cm³/mol. The summed E-state index contributed by atoms with van der Waals surface area (Å²) in [5, 5.41) is 2.10. The Kier molecular flexibility index (Phi) is 1.82. The Labute approximate surface area is 78.7 Å². The van der Waals surface area contributed by atoms with Gasteiger partial charge in [0, 0.05) is 14.7 Å². The molecule has 0 saturated heterocycles. The smallest absolute Gasteiger partial charge is 0.0504 e. The van der Waals surface area contributed by atoms with E-state index in [9.17, 15) is 0 Å². The van der Waals surface area contributed by atoms with Gasteiger partial charge in [-0.25, -0.2) is 0 Å². The number of rotatable bonds is 1. The van der Waals surface area contributed by atoms with Crippen molar-refractivity contribution < 1.29 is 0 Å². The minimum atomic E-state index is 0.0245. The van der Waals surface area contributed by atoms with Gasteiger partial charge in [-0.2, -0.15) is 0 Å². The molecule has 3 heteroatoms. The van der Waals surface area contributed by atoms with Crippen molar-refractivity contribution in [2.75, 3.05) is 0 Å². The van der Waals surface area contributed by atoms with E-state index in [4.69, 9.17) is 5.73 Å². The summed E-state index contributed by atoms with van der Waals surface area (Å²) in [5.74, 6) is 0. The number of thiophene rings is 1. The predicted octanol–water partition coefficient (Wildman–Crippen LogP) is 2.85. The summed E-state index contributed by atoms with van der Waals surface area (Å²) in [5.41, 5.74) is 6.15. The lowest BCUT2D eigenvalue weighted by molar-refractivity contribution is 0.259. The highest BCUT2D eigenvalue weighted by molar-refractivity contribution is 9.10. The maximum atomic E-state index is 6.13. The van der Waals surface area contributed by atoms with Crippen molar-refractivity contribution in [3.63, 3.8) is 0 Å². The first-order valence-electron chi connectivity index (χ1n) is 3.74. The second-order valence-electron chi connectivity index (χ2n) is 3.14. The molecular formula is C8H10BrNS. The molecule has 0 unspecified atom stereocenters. The van der Waals surface area contributed by atoms with E-state index >= 15 is 0 Å². The lowest BCUT2D eigenvalue weighted by Gasteiger charge is -2.37. The van der Waals surface area contributed by atoms with Gasteiger partial charge in [-0.1, -0.05) is 0 Å². The van der Waals surface area contributed by atoms with Gasteiger partial charge in [0.2, 0.25) is 0 Å². The van der Waals surface area contributed by atoms with Crippen LogP contribution in [0.5, 0.6) is 0 Å². The van der Waals surface area contributed by atoms with Crippen molar-refractivity contribution in [3.05, 3.63) is 20.8 Å². The van der Waals surface area contributed by atoms with Gasteiger partial charge in [0.25, 0.3) is 0 Å². The van der Waals surface area contributed by atoms with Crippen molar-refractivity contribution in [1.29, 1.82) is 0 Å². The van der Waals surface area contributed by atoms with Crippen LogP contribution in [0.4, 0.5) is 0 Å². The Bertz CT molecular complexity index is 265. The maximum Gasteiger partial charge on any atom is 0.0504 e. The fourth-order valence-corrected chi connectivity index (χ4v) is 2.98. The largest absolute Gasteiger partial charge is 0.321 e. The molecule has 1 aromatic rings. The van der Waals surface area contributed by atoms with Crippen LogP contribution in [0.1, 0.15) is 24.1 Å². The number of nitrogens with two attached hydrogens (primary N) is 1. The van der Waals surface area contributed by atoms with Crippen molar-refractivity contribution in [2.45, 2.75) is 24.8 Å². The van der Waals surface area contributed by atoms with Gasteiger partial charge in [0.1, 0.15) is 0 Å². The molecule has 0 atom stereocenters. The van der Waals surface area contributed by atoms with E-state index in [1.54, 1.807) is 11.3 Å². The Balaban J connectivity index is 2.28. The van der Waals surface area contributed by atoms with Gasteiger partial charge in [0.05, 0.1) is 5.54 Å². The van der Waals surface area contributed by atoms with E-state index in [1.807, 2.05) is 0 Å². The average Bonchev–Trinajstić information content (AvgIpc) is 2.31. The topological polar surface area (TPSA) is 26.0 Å². The Hall–Kier alpha value is 0.140. The van der Waals surface area contributed by atoms with E-state index in [0.29, 0.717) is 0 Å². The lowest BCUT2D eigenvalue weighted by Crippen LogP contribution is -2.42. The molecule has 0 aromatic carbocycles. The molecule has 11 heavy (non-hydrogen) atoms. The second-order valence-corrected chi connectivity index (χ2v) is 4.97. The summed E-state index contributed by atoms with van der Waals surface area (Å²) in [6.07, 6.45) is 3.59. The maximum absolute atomic E-state index is 6.13. The molecule has 0 spiro atoms. The Morgan fingerprint density at radius 2 is 2.27 bits per heavy atom. The Morgan fingerprint density at radius 1 is 1.55 bits per heavy atom. The van der Waals surface area contributed by atoms with Gasteiger partial charge in [-0.05, 0) is 41.3 Å². The number of halogens is 1. The zero-order valence-electron chi connectivity index (χ0n) is 6.14. The normalized spacial score (nSPS) is 21.3. The molecular weight excluding hydrogens is 222 g/mol. The molecule has 1 nitrogen and oxygen atoms in total. The third-order valence-corrected chi connectivity index (χ3v) is 4.21. The number of hydrogen-bond donors (Lipinski definition) is 1. The van der Waals surface area contributed by atoms with Gasteiger partial charge >= 0.3 is 0 Å². The molecule has 0 radical (unpaired) electrons. The summed E-state index contributed by atoms with van der Waals surface area (Å²) in [7, 11) is 0. The van der Waals surface area contributed by atoms with E-state index in [2.05, 4.69) is 27.4 Å². The third-order valence-electron chi connectivity index (χ3n) is 2.30. The summed E-state index contributed by atoms with van der Waals surface area (Å²) in [6, 6.07) is 2.14. The van der Waals surface area contributed by atoms with Gasteiger partial charge in [-0.15, -0.1) is 11.3 Å². The molecule has 0 bridgehead atoms. The van der Waals surface area contributed by atoms with Crippen LogP contribution in [-0.2, 0) is 5.54 Å². The molecule has 1 heterocycles. The zero-order chi connectivity index (χ0) is 7.90. The Morgan fingerprint density at radius 3 is 2.64 bits per heavy atom. The molecule has 1 saturated carbocycles. The molecule has 1 aliphatic rings. The highest BCUT2D eigenvalue weighted by Crippen LogP contribution is 2.42. The second kappa shape index (κ2) is 2.57. The van der Waals surface area contributed by atoms with Crippen LogP contribution >= 0.6 is 27.3 Å². The minimum Gasteiger partial charge on any atom is -0.321 e. The molecule has 1 aliphatic carbocycles. The summed E-state index contributed by atoms with van der Waals surface area (Å²) in [6.45, 7) is 0. The molecule has 0 amide bonds. The molecule has 2 N–H and O–H groups in total. The van der Waals surface area contributed by atoms with Crippen molar-refractivity contribution >= 4 is 27.3 Å². The van der Waals surface area contributed by atoms with Crippen LogP contribution in [0.25, 0.3) is 0 Å². The van der Waals surface area contributed by atoms with E-state index in [1.165, 1.54) is 11.3 Å². The number of hydrogen-bond acceptors (Lipinski definition) is 2. The first-order chi connectivity index (χ1) is 5.21. The van der Waals surface area contributed by atoms with Crippen LogP contribution in [0.15, 0.2) is 15.9 Å². The highest BCUT2D eigenvalue weighted by Gasteiger charge is 2.35. The first kappa shape index (κ1) is 7.77. The fourth-order valence-electron chi connectivity index (χ4n) is 1.38. The summed E-state index contributed by atoms with van der Waals surface area (Å²) < 4.78 is 1.16. The monoisotopic (exact) mass is 231 g/mol. The van der Waals surface area contributed by atoms with Crippen LogP contribution in [0.3, 0.4) is 0 Å². The molecule has 60 valence electrons. The molecule has 0 aliphatic heterocycles. The standard InChI is InChI=1S/C8H10BrNS/c9-6-4-7(11-5-6)8(10)2-1-3-8/h4-5H,1-3,10H2. The van der Waals surface area contributed by atoms with Crippen molar-refractivity contribution in [1.82, 2.24) is 0 Å². The van der Waals surface area contributed by atoms with E-state index in [0.717, 1.165) is 17.3 Å². The van der Waals surface area contributed by atoms with Gasteiger partial charge in [0.15, 0.2) is 0 Å². The quantitative estimate of drug-likeness (QED) is 0.791. The third kappa shape index (κ3) is 1.25. The molecule has 1 fully saturated rings. The van der Waals surface area contributed by atoms with Crippen LogP contribution < -0.4 is 5.73 Å². The van der Waals surface area contributed by atoms with Crippen molar-refractivity contribution in [3.8, 4) is 0 Å². The SMILES string of the molecule is NC1(c2cc(Br)cs2)CCC1. The van der Waals surface area contributed by atoms with Crippen LogP contribution in [0, 0.1) is 0 Å². The fraction of sp³-hybridized carbons (Fsp3) is 0.500. The summed E-state index contributed by atoms with van der Waals surface area (Å²) >= 11 is 5.19. The van der Waals surface area contributed by atoms with Crippen LogP contribution in [0.2, 0.25) is 0 Å². The lowest BCUT2D eigenvalue weighted by atomic mass is 9.77. The average molecular weight is 232 g/mol.